The van der Waals surface area contributed by atoms with Crippen LogP contribution in [0.2, 0.25) is 0 Å². The van der Waals surface area contributed by atoms with E-state index in [4.69, 9.17) is 0 Å². The molecule has 4 heteroatoms. The summed E-state index contributed by atoms with van der Waals surface area (Å²) in [5, 5.41) is 3.10. The Labute approximate surface area is 113 Å². The van der Waals surface area contributed by atoms with Crippen molar-refractivity contribution in [3.63, 3.8) is 0 Å². The van der Waals surface area contributed by atoms with Gasteiger partial charge in [-0.15, -0.1) is 0 Å². The van der Waals surface area contributed by atoms with Crippen LogP contribution in [-0.2, 0) is 0 Å². The van der Waals surface area contributed by atoms with Gasteiger partial charge in [0.05, 0.1) is 6.04 Å². The molecule has 0 amide bonds. The summed E-state index contributed by atoms with van der Waals surface area (Å²) in [6.07, 6.45) is 0. The van der Waals surface area contributed by atoms with Crippen molar-refractivity contribution in [2.24, 2.45) is 0 Å². The first-order valence-corrected chi connectivity index (χ1v) is 6.28. The molecule has 2 aromatic rings. The molecule has 0 spiro atoms. The van der Waals surface area contributed by atoms with Crippen LogP contribution in [0.15, 0.2) is 46.9 Å². The van der Waals surface area contributed by atoms with E-state index in [0.717, 1.165) is 11.1 Å². The predicted octanol–water partition coefficient (Wildman–Crippen LogP) is 4.04. The molecule has 0 saturated carbocycles. The van der Waals surface area contributed by atoms with Gasteiger partial charge in [0.2, 0.25) is 0 Å². The Balaban J connectivity index is 2.41. The van der Waals surface area contributed by atoms with Crippen LogP contribution in [0.1, 0.15) is 17.2 Å². The first-order valence-electron chi connectivity index (χ1n) is 5.49. The average Bonchev–Trinajstić information content (AvgIpc) is 2.31. The van der Waals surface area contributed by atoms with Crippen LogP contribution in [0.5, 0.6) is 0 Å². The van der Waals surface area contributed by atoms with Crippen LogP contribution in [0.25, 0.3) is 0 Å². The average molecular weight is 312 g/mol. The third-order valence-electron chi connectivity index (χ3n) is 2.71. The van der Waals surface area contributed by atoms with E-state index in [1.165, 1.54) is 24.3 Å². The number of nitrogens with one attached hydrogen (secondary N) is 1. The second-order valence-electron chi connectivity index (χ2n) is 3.98. The highest BCUT2D eigenvalue weighted by Crippen LogP contribution is 2.25. The minimum atomic E-state index is -0.304. The van der Waals surface area contributed by atoms with E-state index in [2.05, 4.69) is 21.2 Å². The summed E-state index contributed by atoms with van der Waals surface area (Å²) < 4.78 is 27.0. The summed E-state index contributed by atoms with van der Waals surface area (Å²) in [7, 11) is 1.78. The van der Waals surface area contributed by atoms with Crippen molar-refractivity contribution in [3.05, 3.63) is 69.7 Å². The molecule has 0 aliphatic heterocycles. The molecule has 1 nitrogen and oxygen atoms in total. The maximum absolute atomic E-state index is 13.4. The van der Waals surface area contributed by atoms with Crippen LogP contribution in [-0.4, -0.2) is 7.05 Å². The lowest BCUT2D eigenvalue weighted by molar-refractivity contribution is 0.612. The van der Waals surface area contributed by atoms with Crippen LogP contribution < -0.4 is 5.32 Å². The zero-order valence-corrected chi connectivity index (χ0v) is 11.3. The number of benzene rings is 2. The Morgan fingerprint density at radius 1 is 0.944 bits per heavy atom. The Hall–Kier alpha value is -1.26. The molecule has 0 heterocycles. The molecular weight excluding hydrogens is 300 g/mol. The fraction of sp³-hybridized carbons (Fsp3) is 0.143. The van der Waals surface area contributed by atoms with Crippen molar-refractivity contribution in [1.29, 1.82) is 0 Å². The number of hydrogen-bond donors (Lipinski definition) is 1. The fourth-order valence-corrected chi connectivity index (χ4v) is 2.41. The van der Waals surface area contributed by atoms with E-state index in [9.17, 15) is 8.78 Å². The lowest BCUT2D eigenvalue weighted by Crippen LogP contribution is -2.17. The molecule has 2 aromatic carbocycles. The molecule has 0 bridgehead atoms. The SMILES string of the molecule is CNC(c1ccc(F)cc1)c1cc(F)cc(Br)c1. The summed E-state index contributed by atoms with van der Waals surface area (Å²) in [5.41, 5.74) is 1.67. The zero-order valence-electron chi connectivity index (χ0n) is 9.75. The van der Waals surface area contributed by atoms with Gasteiger partial charge >= 0.3 is 0 Å². The van der Waals surface area contributed by atoms with Crippen molar-refractivity contribution in [2.75, 3.05) is 7.05 Å². The van der Waals surface area contributed by atoms with E-state index in [1.807, 2.05) is 6.07 Å². The van der Waals surface area contributed by atoms with Gasteiger partial charge in [-0.25, -0.2) is 8.78 Å². The summed E-state index contributed by atoms with van der Waals surface area (Å²) in [6, 6.07) is 10.7. The van der Waals surface area contributed by atoms with Gasteiger partial charge in [-0.1, -0.05) is 28.1 Å². The first kappa shape index (κ1) is 13.2. The number of hydrogen-bond acceptors (Lipinski definition) is 1. The number of rotatable bonds is 3. The van der Waals surface area contributed by atoms with E-state index in [0.29, 0.717) is 4.47 Å². The maximum atomic E-state index is 13.4. The Kier molecular flexibility index (Phi) is 4.09. The third kappa shape index (κ3) is 2.94. The minimum Gasteiger partial charge on any atom is -0.309 e. The molecule has 0 aromatic heterocycles. The second kappa shape index (κ2) is 5.59. The molecule has 18 heavy (non-hydrogen) atoms. The monoisotopic (exact) mass is 311 g/mol. The number of halogens is 3. The van der Waals surface area contributed by atoms with Crippen LogP contribution in [0.4, 0.5) is 8.78 Å². The van der Waals surface area contributed by atoms with Gasteiger partial charge in [-0.3, -0.25) is 0 Å². The summed E-state index contributed by atoms with van der Waals surface area (Å²) in [5.74, 6) is -0.587. The standard InChI is InChI=1S/C14H12BrF2N/c1-18-14(9-2-4-12(16)5-3-9)10-6-11(15)8-13(17)7-10/h2-8,14,18H,1H3. The Bertz CT molecular complexity index is 520. The van der Waals surface area contributed by atoms with Gasteiger partial charge in [-0.05, 0) is 48.5 Å². The largest absolute Gasteiger partial charge is 0.309 e. The molecule has 0 fully saturated rings. The fourth-order valence-electron chi connectivity index (χ4n) is 1.92. The quantitative estimate of drug-likeness (QED) is 0.902. The Morgan fingerprint density at radius 3 is 2.17 bits per heavy atom. The lowest BCUT2D eigenvalue weighted by atomic mass is 9.99. The highest BCUT2D eigenvalue weighted by Gasteiger charge is 2.13. The Morgan fingerprint density at radius 2 is 1.61 bits per heavy atom. The van der Waals surface area contributed by atoms with Gasteiger partial charge in [0.15, 0.2) is 0 Å². The van der Waals surface area contributed by atoms with Gasteiger partial charge in [-0.2, -0.15) is 0 Å². The summed E-state index contributed by atoms with van der Waals surface area (Å²) >= 11 is 3.27. The lowest BCUT2D eigenvalue weighted by Gasteiger charge is -2.17. The molecule has 0 aliphatic rings. The predicted molar refractivity (Wildman–Crippen MR) is 71.4 cm³/mol. The topological polar surface area (TPSA) is 12.0 Å². The highest BCUT2D eigenvalue weighted by molar-refractivity contribution is 9.10. The molecule has 1 atom stereocenters. The van der Waals surface area contributed by atoms with Crippen molar-refractivity contribution in [3.8, 4) is 0 Å². The van der Waals surface area contributed by atoms with E-state index in [-0.39, 0.29) is 17.7 Å². The molecular formula is C14H12BrF2N. The van der Waals surface area contributed by atoms with Gasteiger partial charge < -0.3 is 5.32 Å². The van der Waals surface area contributed by atoms with Gasteiger partial charge in [0, 0.05) is 4.47 Å². The zero-order chi connectivity index (χ0) is 13.1. The van der Waals surface area contributed by atoms with Crippen molar-refractivity contribution >= 4 is 15.9 Å². The van der Waals surface area contributed by atoms with Crippen molar-refractivity contribution in [1.82, 2.24) is 5.32 Å². The normalized spacial score (nSPS) is 12.4. The third-order valence-corrected chi connectivity index (χ3v) is 3.17. The van der Waals surface area contributed by atoms with Crippen molar-refractivity contribution < 1.29 is 8.78 Å². The minimum absolute atomic E-state index is 0.169. The summed E-state index contributed by atoms with van der Waals surface area (Å²) in [6.45, 7) is 0. The van der Waals surface area contributed by atoms with Gasteiger partial charge in [0.25, 0.3) is 0 Å². The molecule has 0 saturated heterocycles. The molecule has 1 N–H and O–H groups in total. The van der Waals surface area contributed by atoms with E-state index in [1.54, 1.807) is 19.2 Å². The molecule has 94 valence electrons. The maximum Gasteiger partial charge on any atom is 0.124 e. The van der Waals surface area contributed by atoms with Crippen LogP contribution in [0.3, 0.4) is 0 Å². The van der Waals surface area contributed by atoms with Crippen LogP contribution in [0, 0.1) is 11.6 Å². The van der Waals surface area contributed by atoms with E-state index >= 15 is 0 Å². The molecule has 0 radical (unpaired) electrons. The molecule has 1 unspecified atom stereocenters. The van der Waals surface area contributed by atoms with Crippen molar-refractivity contribution in [2.45, 2.75) is 6.04 Å². The smallest absolute Gasteiger partial charge is 0.124 e. The van der Waals surface area contributed by atoms with Crippen LogP contribution >= 0.6 is 15.9 Å². The van der Waals surface area contributed by atoms with Gasteiger partial charge in [0.1, 0.15) is 11.6 Å². The second-order valence-corrected chi connectivity index (χ2v) is 4.89. The summed E-state index contributed by atoms with van der Waals surface area (Å²) in [4.78, 5) is 0. The molecule has 0 aliphatic carbocycles. The first-order chi connectivity index (χ1) is 8.60. The highest BCUT2D eigenvalue weighted by atomic mass is 79.9. The van der Waals surface area contributed by atoms with E-state index < -0.39 is 0 Å². The molecule has 2 rings (SSSR count).